The van der Waals surface area contributed by atoms with Crippen molar-refractivity contribution in [3.63, 3.8) is 0 Å². The lowest BCUT2D eigenvalue weighted by Crippen LogP contribution is -2.66. The van der Waals surface area contributed by atoms with Gasteiger partial charge < -0.3 is 20.0 Å². The van der Waals surface area contributed by atoms with Crippen molar-refractivity contribution in [1.82, 2.24) is 19.6 Å². The van der Waals surface area contributed by atoms with Crippen LogP contribution in [0.1, 0.15) is 26.0 Å². The minimum Gasteiger partial charge on any atom is -0.465 e. The lowest BCUT2D eigenvalue weighted by Gasteiger charge is -2.49. The molecule has 1 unspecified atom stereocenters. The molecule has 2 amide bonds. The van der Waals surface area contributed by atoms with E-state index < -0.39 is 17.2 Å². The fourth-order valence-corrected chi connectivity index (χ4v) is 3.52. The first-order chi connectivity index (χ1) is 10.7. The molecular formula is C15H22N4O4. The number of carboxylic acid groups (broad SMARTS) is 1. The molecule has 0 saturated carbocycles. The number of carbonyl (C=O) groups is 2. The summed E-state index contributed by atoms with van der Waals surface area (Å²) in [6, 6.07) is 1.81. The number of aryl methyl sites for hydroxylation is 1. The molecule has 0 bridgehead atoms. The van der Waals surface area contributed by atoms with Gasteiger partial charge in [-0.2, -0.15) is 5.10 Å². The summed E-state index contributed by atoms with van der Waals surface area (Å²) < 4.78 is 1.80. The summed E-state index contributed by atoms with van der Waals surface area (Å²) in [4.78, 5) is 27.1. The summed E-state index contributed by atoms with van der Waals surface area (Å²) >= 11 is 0. The van der Waals surface area contributed by atoms with E-state index in [4.69, 9.17) is 5.11 Å². The lowest BCUT2D eigenvalue weighted by atomic mass is 9.86. The molecule has 2 aliphatic rings. The molecule has 0 spiro atoms. The van der Waals surface area contributed by atoms with Gasteiger partial charge in [-0.05, 0) is 19.9 Å². The first-order valence-corrected chi connectivity index (χ1v) is 7.76. The molecular weight excluding hydrogens is 300 g/mol. The molecule has 1 saturated heterocycles. The Bertz CT molecular complexity index is 641. The molecule has 8 heteroatoms. The Labute approximate surface area is 134 Å². The van der Waals surface area contributed by atoms with Gasteiger partial charge in [-0.15, -0.1) is 0 Å². The predicted octanol–water partition coefficient (Wildman–Crippen LogP) is 0.161. The zero-order valence-electron chi connectivity index (χ0n) is 13.4. The van der Waals surface area contributed by atoms with Crippen LogP contribution >= 0.6 is 0 Å². The van der Waals surface area contributed by atoms with Crippen LogP contribution in [-0.4, -0.2) is 72.6 Å². The molecule has 0 radical (unpaired) electrons. The summed E-state index contributed by atoms with van der Waals surface area (Å²) in [5, 5.41) is 24.2. The summed E-state index contributed by atoms with van der Waals surface area (Å²) in [7, 11) is 0. The fourth-order valence-electron chi connectivity index (χ4n) is 3.52. The third-order valence-corrected chi connectivity index (χ3v) is 4.83. The van der Waals surface area contributed by atoms with E-state index in [1.165, 1.54) is 4.90 Å². The SMILES string of the molecule is CC1(C)CN(C(=O)O)CCN1C(=O)C1(O)CCn2nccc2C1. The van der Waals surface area contributed by atoms with Gasteiger partial charge in [-0.3, -0.25) is 9.48 Å². The minimum atomic E-state index is -1.45. The molecule has 0 aromatic carbocycles. The monoisotopic (exact) mass is 322 g/mol. The van der Waals surface area contributed by atoms with Gasteiger partial charge in [0.15, 0.2) is 5.60 Å². The van der Waals surface area contributed by atoms with Crippen LogP contribution in [0, 0.1) is 0 Å². The molecule has 23 heavy (non-hydrogen) atoms. The van der Waals surface area contributed by atoms with Gasteiger partial charge in [-0.1, -0.05) is 0 Å². The number of hydrogen-bond donors (Lipinski definition) is 2. The molecule has 0 aliphatic carbocycles. The van der Waals surface area contributed by atoms with Gasteiger partial charge in [-0.25, -0.2) is 4.79 Å². The molecule has 1 atom stereocenters. The quantitative estimate of drug-likeness (QED) is 0.767. The van der Waals surface area contributed by atoms with Gasteiger partial charge in [0.1, 0.15) is 0 Å². The maximum absolute atomic E-state index is 13.0. The largest absolute Gasteiger partial charge is 0.465 e. The van der Waals surface area contributed by atoms with Crippen LogP contribution in [0.3, 0.4) is 0 Å². The number of piperazine rings is 1. The smallest absolute Gasteiger partial charge is 0.407 e. The van der Waals surface area contributed by atoms with Crippen LogP contribution < -0.4 is 0 Å². The molecule has 2 aliphatic heterocycles. The number of amides is 2. The second-order valence-corrected chi connectivity index (χ2v) is 6.98. The maximum Gasteiger partial charge on any atom is 0.407 e. The number of carbonyl (C=O) groups excluding carboxylic acids is 1. The fraction of sp³-hybridized carbons (Fsp3) is 0.667. The number of hydrogen-bond acceptors (Lipinski definition) is 4. The highest BCUT2D eigenvalue weighted by molar-refractivity contribution is 5.86. The number of nitrogens with zero attached hydrogens (tertiary/aromatic N) is 4. The first-order valence-electron chi connectivity index (χ1n) is 7.76. The van der Waals surface area contributed by atoms with E-state index in [0.29, 0.717) is 19.5 Å². The van der Waals surface area contributed by atoms with Gasteiger partial charge in [0.25, 0.3) is 5.91 Å². The highest BCUT2D eigenvalue weighted by atomic mass is 16.4. The van der Waals surface area contributed by atoms with E-state index in [0.717, 1.165) is 5.69 Å². The maximum atomic E-state index is 13.0. The predicted molar refractivity (Wildman–Crippen MR) is 80.9 cm³/mol. The average Bonchev–Trinajstić information content (AvgIpc) is 2.92. The number of fused-ring (bicyclic) bond motifs is 1. The zero-order chi connectivity index (χ0) is 16.8. The van der Waals surface area contributed by atoms with Crippen LogP contribution in [0.5, 0.6) is 0 Å². The van der Waals surface area contributed by atoms with Crippen molar-refractivity contribution in [1.29, 1.82) is 0 Å². The van der Waals surface area contributed by atoms with E-state index in [1.54, 1.807) is 15.8 Å². The Morgan fingerprint density at radius 1 is 1.26 bits per heavy atom. The van der Waals surface area contributed by atoms with E-state index in [-0.39, 0.29) is 25.4 Å². The van der Waals surface area contributed by atoms with Crippen molar-refractivity contribution in [2.45, 2.75) is 44.4 Å². The summed E-state index contributed by atoms with van der Waals surface area (Å²) in [5.41, 5.74) is -1.26. The Hall–Kier alpha value is -2.09. The van der Waals surface area contributed by atoms with E-state index in [1.807, 2.05) is 19.9 Å². The molecule has 3 rings (SSSR count). The topological polar surface area (TPSA) is 98.9 Å². The molecule has 8 nitrogen and oxygen atoms in total. The highest BCUT2D eigenvalue weighted by Crippen LogP contribution is 2.30. The van der Waals surface area contributed by atoms with Crippen molar-refractivity contribution in [2.75, 3.05) is 19.6 Å². The van der Waals surface area contributed by atoms with Gasteiger partial charge in [0.2, 0.25) is 0 Å². The van der Waals surface area contributed by atoms with Crippen LogP contribution in [0.2, 0.25) is 0 Å². The zero-order valence-corrected chi connectivity index (χ0v) is 13.4. The second-order valence-electron chi connectivity index (χ2n) is 6.98. The van der Waals surface area contributed by atoms with E-state index >= 15 is 0 Å². The van der Waals surface area contributed by atoms with Gasteiger partial charge in [0.05, 0.1) is 5.54 Å². The van der Waals surface area contributed by atoms with Gasteiger partial charge in [0, 0.05) is 50.9 Å². The summed E-state index contributed by atoms with van der Waals surface area (Å²) in [6.07, 6.45) is 1.24. The van der Waals surface area contributed by atoms with Crippen molar-refractivity contribution in [2.24, 2.45) is 0 Å². The molecule has 3 heterocycles. The molecule has 2 N–H and O–H groups in total. The third kappa shape index (κ3) is 2.67. The molecule has 1 aromatic heterocycles. The number of aromatic nitrogens is 2. The second kappa shape index (κ2) is 5.23. The minimum absolute atomic E-state index is 0.237. The third-order valence-electron chi connectivity index (χ3n) is 4.83. The molecule has 1 fully saturated rings. The Kier molecular flexibility index (Phi) is 3.59. The molecule has 1 aromatic rings. The average molecular weight is 322 g/mol. The van der Waals surface area contributed by atoms with Crippen molar-refractivity contribution in [3.8, 4) is 0 Å². The van der Waals surface area contributed by atoms with Crippen LogP contribution in [-0.2, 0) is 17.8 Å². The van der Waals surface area contributed by atoms with Crippen molar-refractivity contribution in [3.05, 3.63) is 18.0 Å². The van der Waals surface area contributed by atoms with Crippen molar-refractivity contribution >= 4 is 12.0 Å². The lowest BCUT2D eigenvalue weighted by molar-refractivity contribution is -0.162. The highest BCUT2D eigenvalue weighted by Gasteiger charge is 2.48. The number of aliphatic hydroxyl groups is 1. The van der Waals surface area contributed by atoms with Gasteiger partial charge >= 0.3 is 6.09 Å². The number of rotatable bonds is 1. The molecule has 126 valence electrons. The normalized spacial score (nSPS) is 26.7. The Morgan fingerprint density at radius 2 is 2.00 bits per heavy atom. The summed E-state index contributed by atoms with van der Waals surface area (Å²) in [6.45, 7) is 4.95. The first kappa shape index (κ1) is 15.8. The Balaban J connectivity index is 1.79. The Morgan fingerprint density at radius 3 is 2.65 bits per heavy atom. The van der Waals surface area contributed by atoms with Crippen LogP contribution in [0.4, 0.5) is 4.79 Å². The van der Waals surface area contributed by atoms with E-state index in [2.05, 4.69) is 5.10 Å². The van der Waals surface area contributed by atoms with Crippen LogP contribution in [0.25, 0.3) is 0 Å². The summed E-state index contributed by atoms with van der Waals surface area (Å²) in [5.74, 6) is -0.319. The van der Waals surface area contributed by atoms with Crippen molar-refractivity contribution < 1.29 is 19.8 Å². The van der Waals surface area contributed by atoms with E-state index in [9.17, 15) is 14.7 Å². The van der Waals surface area contributed by atoms with Crippen LogP contribution in [0.15, 0.2) is 12.3 Å². The standard InChI is InChI=1S/C15H22N4O4/c1-14(2)10-17(13(21)22)7-8-18(14)12(20)15(23)4-6-19-11(9-15)3-5-16-19/h3,5,23H,4,6-10H2,1-2H3,(H,21,22).